The topological polar surface area (TPSA) is 73.9 Å². The molecule has 5 atom stereocenters. The molecule has 2 aliphatic heterocycles. The second-order valence-corrected chi connectivity index (χ2v) is 8.21. The average Bonchev–Trinajstić information content (AvgIpc) is 2.65. The Morgan fingerprint density at radius 1 is 1.25 bits per heavy atom. The van der Waals surface area contributed by atoms with Crippen LogP contribution in [0.1, 0.15) is 19.3 Å². The van der Waals surface area contributed by atoms with Gasteiger partial charge in [0.25, 0.3) is 5.91 Å². The van der Waals surface area contributed by atoms with Gasteiger partial charge in [-0.25, -0.2) is 5.43 Å². The number of rotatable bonds is 4. The summed E-state index contributed by atoms with van der Waals surface area (Å²) >= 11 is 6.17. The van der Waals surface area contributed by atoms with Crippen molar-refractivity contribution in [1.29, 1.82) is 0 Å². The van der Waals surface area contributed by atoms with Gasteiger partial charge in [-0.3, -0.25) is 19.9 Å². The highest BCUT2D eigenvalue weighted by molar-refractivity contribution is 6.31. The number of carbonyl (C=O) groups excluding carboxylic acids is 2. The molecular formula is C17H26ClF3N4O3. The number of carbonyl (C=O) groups is 2. The monoisotopic (exact) mass is 426 g/mol. The molecule has 3 aliphatic rings. The van der Waals surface area contributed by atoms with E-state index in [2.05, 4.69) is 10.9 Å². The van der Waals surface area contributed by atoms with Gasteiger partial charge in [0, 0.05) is 45.2 Å². The molecule has 0 bridgehead atoms. The molecule has 0 radical (unpaired) electrons. The summed E-state index contributed by atoms with van der Waals surface area (Å²) in [5.41, 5.74) is 5.24. The van der Waals surface area contributed by atoms with Crippen LogP contribution in [0.15, 0.2) is 0 Å². The predicted octanol–water partition coefficient (Wildman–Crippen LogP) is 0.735. The van der Waals surface area contributed by atoms with Crippen molar-refractivity contribution in [3.05, 3.63) is 0 Å². The zero-order chi connectivity index (χ0) is 20.5. The summed E-state index contributed by atoms with van der Waals surface area (Å²) in [6, 6.07) is -0.282. The third-order valence-corrected chi connectivity index (χ3v) is 6.57. The maximum Gasteiger partial charge on any atom is 0.391 e. The van der Waals surface area contributed by atoms with E-state index in [0.717, 1.165) is 0 Å². The molecule has 28 heavy (non-hydrogen) atoms. The van der Waals surface area contributed by atoms with E-state index in [9.17, 15) is 22.8 Å². The number of alkyl halides is 4. The van der Waals surface area contributed by atoms with Crippen LogP contribution in [-0.4, -0.2) is 85.1 Å². The lowest BCUT2D eigenvalue weighted by molar-refractivity contribution is -0.196. The van der Waals surface area contributed by atoms with Gasteiger partial charge in [-0.15, -0.1) is 11.6 Å². The molecule has 1 saturated carbocycles. The van der Waals surface area contributed by atoms with Crippen LogP contribution in [0.5, 0.6) is 0 Å². The summed E-state index contributed by atoms with van der Waals surface area (Å²) in [5, 5.41) is -0.740. The summed E-state index contributed by atoms with van der Waals surface area (Å²) in [6.45, 7) is 1.99. The van der Waals surface area contributed by atoms with Gasteiger partial charge in [-0.05, 0) is 19.3 Å². The summed E-state index contributed by atoms with van der Waals surface area (Å²) in [6.07, 6.45) is -4.33. The predicted molar refractivity (Wildman–Crippen MR) is 95.4 cm³/mol. The highest BCUT2D eigenvalue weighted by atomic mass is 35.5. The Hall–Kier alpha value is -1.10. The van der Waals surface area contributed by atoms with Gasteiger partial charge in [0.15, 0.2) is 0 Å². The summed E-state index contributed by atoms with van der Waals surface area (Å²) < 4.78 is 44.4. The van der Waals surface area contributed by atoms with Gasteiger partial charge < -0.3 is 9.64 Å². The van der Waals surface area contributed by atoms with Crippen molar-refractivity contribution in [2.75, 3.05) is 39.8 Å². The lowest BCUT2D eigenvalue weighted by Gasteiger charge is -2.44. The minimum absolute atomic E-state index is 0.0599. The molecular weight excluding hydrogens is 401 g/mol. The van der Waals surface area contributed by atoms with E-state index >= 15 is 0 Å². The van der Waals surface area contributed by atoms with Crippen molar-refractivity contribution in [2.24, 2.45) is 11.8 Å². The van der Waals surface area contributed by atoms with Crippen molar-refractivity contribution in [3.8, 4) is 0 Å². The molecule has 0 aromatic rings. The van der Waals surface area contributed by atoms with Crippen LogP contribution in [0.4, 0.5) is 13.2 Å². The lowest BCUT2D eigenvalue weighted by Crippen LogP contribution is -2.65. The quantitative estimate of drug-likeness (QED) is 0.648. The first-order chi connectivity index (χ1) is 13.2. The number of methoxy groups -OCH3 is 1. The van der Waals surface area contributed by atoms with Gasteiger partial charge in [0.05, 0.1) is 18.6 Å². The molecule has 0 aromatic heterocycles. The van der Waals surface area contributed by atoms with Crippen LogP contribution in [0.25, 0.3) is 0 Å². The Bertz CT molecular complexity index is 594. The first-order valence-electron chi connectivity index (χ1n) is 9.48. The van der Waals surface area contributed by atoms with Gasteiger partial charge >= 0.3 is 6.18 Å². The molecule has 2 amide bonds. The van der Waals surface area contributed by atoms with Crippen LogP contribution >= 0.6 is 11.6 Å². The smallest absolute Gasteiger partial charge is 0.381 e. The second-order valence-electron chi connectivity index (χ2n) is 7.74. The number of nitrogens with one attached hydrogen (secondary N) is 2. The zero-order valence-electron chi connectivity index (χ0n) is 15.7. The van der Waals surface area contributed by atoms with Crippen LogP contribution < -0.4 is 10.9 Å². The Morgan fingerprint density at radius 2 is 2.00 bits per heavy atom. The SMILES string of the molecule is COC1CC(C(F)(F)F)CCC1CN1CCN(C2CNNC(=O)C2Cl)CC1=O. The van der Waals surface area contributed by atoms with Crippen LogP contribution in [-0.2, 0) is 14.3 Å². The number of hydrogen-bond donors (Lipinski definition) is 2. The summed E-state index contributed by atoms with van der Waals surface area (Å²) in [7, 11) is 1.43. The summed E-state index contributed by atoms with van der Waals surface area (Å²) in [5.74, 6) is -1.88. The minimum Gasteiger partial charge on any atom is -0.381 e. The van der Waals surface area contributed by atoms with Gasteiger partial charge in [-0.2, -0.15) is 13.2 Å². The average molecular weight is 427 g/mol. The van der Waals surface area contributed by atoms with E-state index in [1.165, 1.54) is 7.11 Å². The molecule has 160 valence electrons. The van der Waals surface area contributed by atoms with E-state index in [-0.39, 0.29) is 43.2 Å². The molecule has 5 unspecified atom stereocenters. The van der Waals surface area contributed by atoms with Crippen molar-refractivity contribution >= 4 is 23.4 Å². The molecule has 7 nitrogen and oxygen atoms in total. The van der Waals surface area contributed by atoms with Crippen molar-refractivity contribution in [3.63, 3.8) is 0 Å². The van der Waals surface area contributed by atoms with Crippen molar-refractivity contribution < 1.29 is 27.5 Å². The highest BCUT2D eigenvalue weighted by Gasteiger charge is 2.46. The Balaban J connectivity index is 1.55. The zero-order valence-corrected chi connectivity index (χ0v) is 16.4. The fourth-order valence-electron chi connectivity index (χ4n) is 4.38. The molecule has 11 heteroatoms. The van der Waals surface area contributed by atoms with E-state index < -0.39 is 23.6 Å². The number of nitrogens with zero attached hydrogens (tertiary/aromatic N) is 2. The van der Waals surface area contributed by atoms with Crippen LogP contribution in [0.3, 0.4) is 0 Å². The van der Waals surface area contributed by atoms with Crippen molar-refractivity contribution in [1.82, 2.24) is 20.7 Å². The Kier molecular flexibility index (Phi) is 6.73. The maximum atomic E-state index is 13.0. The van der Waals surface area contributed by atoms with E-state index in [4.69, 9.17) is 16.3 Å². The molecule has 2 N–H and O–H groups in total. The number of ether oxygens (including phenoxy) is 1. The third kappa shape index (κ3) is 4.72. The fourth-order valence-corrected chi connectivity index (χ4v) is 4.68. The Labute approximate surface area is 166 Å². The molecule has 3 fully saturated rings. The van der Waals surface area contributed by atoms with Gasteiger partial charge in [-0.1, -0.05) is 0 Å². The van der Waals surface area contributed by atoms with Gasteiger partial charge in [0.1, 0.15) is 5.38 Å². The summed E-state index contributed by atoms with van der Waals surface area (Å²) in [4.78, 5) is 27.9. The molecule has 3 rings (SSSR count). The lowest BCUT2D eigenvalue weighted by atomic mass is 9.79. The van der Waals surface area contributed by atoms with E-state index in [0.29, 0.717) is 32.6 Å². The third-order valence-electron chi connectivity index (χ3n) is 6.08. The molecule has 2 saturated heterocycles. The number of amides is 2. The first-order valence-corrected chi connectivity index (χ1v) is 9.92. The Morgan fingerprint density at radius 3 is 2.64 bits per heavy atom. The van der Waals surface area contributed by atoms with Crippen LogP contribution in [0, 0.1) is 11.8 Å². The minimum atomic E-state index is -4.21. The normalized spacial score (nSPS) is 35.8. The number of hydrogen-bond acceptors (Lipinski definition) is 5. The largest absolute Gasteiger partial charge is 0.391 e. The standard InChI is InChI=1S/C17H26ClF3N4O3/c1-28-13-6-11(17(19,20)21)3-2-10(13)8-25-5-4-24(9-14(25)26)12-7-22-23-16(27)15(12)18/h10-13,15,22H,2-9H2,1H3,(H,23,27). The van der Waals surface area contributed by atoms with Crippen molar-refractivity contribution in [2.45, 2.75) is 43.0 Å². The number of piperazine rings is 1. The second kappa shape index (κ2) is 8.73. The number of halogens is 4. The van der Waals surface area contributed by atoms with Crippen LogP contribution in [0.2, 0.25) is 0 Å². The van der Waals surface area contributed by atoms with Gasteiger partial charge in [0.2, 0.25) is 5.91 Å². The highest BCUT2D eigenvalue weighted by Crippen LogP contribution is 2.41. The van der Waals surface area contributed by atoms with E-state index in [1.807, 2.05) is 4.90 Å². The molecule has 1 aliphatic carbocycles. The number of hydrazine groups is 1. The molecule has 0 spiro atoms. The van der Waals surface area contributed by atoms with E-state index in [1.54, 1.807) is 4.90 Å². The first kappa shape index (κ1) is 21.6. The molecule has 2 heterocycles. The maximum absolute atomic E-state index is 13.0. The fraction of sp³-hybridized carbons (Fsp3) is 0.882. The molecule has 0 aromatic carbocycles.